The van der Waals surface area contributed by atoms with Gasteiger partial charge in [0.2, 0.25) is 5.91 Å². The highest BCUT2D eigenvalue weighted by molar-refractivity contribution is 5.95. The van der Waals surface area contributed by atoms with Gasteiger partial charge < -0.3 is 15.5 Å². The van der Waals surface area contributed by atoms with Crippen LogP contribution in [0.4, 0.5) is 23.4 Å². The fourth-order valence-electron chi connectivity index (χ4n) is 5.39. The molecule has 2 fully saturated rings. The first kappa shape index (κ1) is 23.6. The van der Waals surface area contributed by atoms with Crippen LogP contribution in [0.25, 0.3) is 0 Å². The van der Waals surface area contributed by atoms with Gasteiger partial charge in [-0.05, 0) is 50.2 Å². The summed E-state index contributed by atoms with van der Waals surface area (Å²) >= 11 is 0. The highest BCUT2D eigenvalue weighted by atomic mass is 19.4. The lowest BCUT2D eigenvalue weighted by Crippen LogP contribution is -2.49. The molecule has 4 heterocycles. The highest BCUT2D eigenvalue weighted by Crippen LogP contribution is 2.36. The molecule has 0 unspecified atom stereocenters. The zero-order chi connectivity index (χ0) is 24.9. The topological polar surface area (TPSA) is 97.3 Å². The first-order valence-corrected chi connectivity index (χ1v) is 11.8. The summed E-state index contributed by atoms with van der Waals surface area (Å²) in [6.45, 7) is 0.529. The number of aromatic nitrogens is 3. The van der Waals surface area contributed by atoms with E-state index < -0.39 is 29.8 Å². The molecule has 0 aromatic carbocycles. The minimum Gasteiger partial charge on any atom is -0.384 e. The predicted molar refractivity (Wildman–Crippen MR) is 117 cm³/mol. The van der Waals surface area contributed by atoms with Crippen LogP contribution in [0.15, 0.2) is 12.3 Å². The third kappa shape index (κ3) is 4.34. The molecule has 12 heteroatoms. The normalized spacial score (nSPS) is 20.6. The summed E-state index contributed by atoms with van der Waals surface area (Å²) in [6, 6.07) is -0.533. The van der Waals surface area contributed by atoms with E-state index in [1.807, 2.05) is 0 Å². The van der Waals surface area contributed by atoms with Gasteiger partial charge in [0, 0.05) is 31.2 Å². The Kier molecular flexibility index (Phi) is 5.92. The second-order valence-corrected chi connectivity index (χ2v) is 9.46. The fourth-order valence-corrected chi connectivity index (χ4v) is 5.39. The molecule has 2 N–H and O–H groups in total. The number of hydrogen-bond acceptors (Lipinski definition) is 5. The first-order chi connectivity index (χ1) is 16.6. The molecule has 2 aliphatic heterocycles. The molecule has 2 saturated heterocycles. The molecule has 188 valence electrons. The van der Waals surface area contributed by atoms with E-state index in [9.17, 15) is 27.2 Å². The Balaban J connectivity index is 1.32. The number of amides is 2. The summed E-state index contributed by atoms with van der Waals surface area (Å²) in [4.78, 5) is 31.6. The van der Waals surface area contributed by atoms with Crippen LogP contribution in [-0.2, 0) is 24.2 Å². The largest absolute Gasteiger partial charge is 0.408 e. The van der Waals surface area contributed by atoms with Gasteiger partial charge in [-0.3, -0.25) is 14.3 Å². The minimum atomic E-state index is -4.44. The molecule has 2 aromatic rings. The maximum atomic E-state index is 14.1. The molecular weight excluding hydrogens is 468 g/mol. The van der Waals surface area contributed by atoms with Crippen LogP contribution in [0.3, 0.4) is 0 Å². The van der Waals surface area contributed by atoms with Crippen LogP contribution in [0.2, 0.25) is 0 Å². The fraction of sp³-hybridized carbons (Fsp3) is 0.565. The van der Waals surface area contributed by atoms with E-state index in [0.717, 1.165) is 47.3 Å². The van der Waals surface area contributed by atoms with E-state index in [1.165, 1.54) is 11.0 Å². The maximum absolute atomic E-state index is 14.1. The van der Waals surface area contributed by atoms with Crippen LogP contribution >= 0.6 is 0 Å². The van der Waals surface area contributed by atoms with Crippen molar-refractivity contribution in [3.63, 3.8) is 0 Å². The molecule has 0 spiro atoms. The summed E-state index contributed by atoms with van der Waals surface area (Å²) in [5, 5.41) is 4.66. The van der Waals surface area contributed by atoms with Crippen molar-refractivity contribution in [2.24, 2.45) is 0 Å². The molecule has 0 bridgehead atoms. The van der Waals surface area contributed by atoms with Crippen molar-refractivity contribution < 1.29 is 27.2 Å². The zero-order valence-electron chi connectivity index (χ0n) is 19.0. The molecule has 1 aliphatic carbocycles. The van der Waals surface area contributed by atoms with E-state index >= 15 is 0 Å². The van der Waals surface area contributed by atoms with Gasteiger partial charge in [0.1, 0.15) is 18.4 Å². The Hall–Kier alpha value is -3.18. The monoisotopic (exact) mass is 494 g/mol. The quantitative estimate of drug-likeness (QED) is 0.660. The van der Waals surface area contributed by atoms with Crippen molar-refractivity contribution in [2.45, 2.75) is 63.2 Å². The number of fused-ring (bicyclic) bond motifs is 1. The summed E-state index contributed by atoms with van der Waals surface area (Å²) in [5.41, 5.74) is 8.13. The van der Waals surface area contributed by atoms with Gasteiger partial charge in [0.05, 0.1) is 17.5 Å². The lowest BCUT2D eigenvalue weighted by Gasteiger charge is -2.39. The molecular formula is C23H26F4N6O2. The van der Waals surface area contributed by atoms with E-state index in [-0.39, 0.29) is 36.8 Å². The van der Waals surface area contributed by atoms with Gasteiger partial charge in [-0.1, -0.05) is 0 Å². The highest BCUT2D eigenvalue weighted by Gasteiger charge is 2.48. The molecule has 2 amide bonds. The molecule has 8 nitrogen and oxygen atoms in total. The summed E-state index contributed by atoms with van der Waals surface area (Å²) < 4.78 is 55.6. The lowest BCUT2D eigenvalue weighted by atomic mass is 9.87. The smallest absolute Gasteiger partial charge is 0.384 e. The Morgan fingerprint density at radius 2 is 1.89 bits per heavy atom. The molecule has 1 atom stereocenters. The number of rotatable bonds is 4. The van der Waals surface area contributed by atoms with Crippen molar-refractivity contribution in [1.82, 2.24) is 24.6 Å². The Labute approximate surface area is 199 Å². The average Bonchev–Trinajstić information content (AvgIpc) is 3.41. The van der Waals surface area contributed by atoms with E-state index in [4.69, 9.17) is 5.73 Å². The molecule has 35 heavy (non-hydrogen) atoms. The second-order valence-electron chi connectivity index (χ2n) is 9.46. The third-order valence-corrected chi connectivity index (χ3v) is 7.19. The van der Waals surface area contributed by atoms with Crippen LogP contribution in [0.1, 0.15) is 58.9 Å². The number of halogens is 4. The minimum absolute atomic E-state index is 0.0510. The zero-order valence-corrected chi connectivity index (χ0v) is 19.0. The van der Waals surface area contributed by atoms with Crippen molar-refractivity contribution in [3.8, 4) is 0 Å². The van der Waals surface area contributed by atoms with Gasteiger partial charge in [0.25, 0.3) is 5.91 Å². The number of carbonyl (C=O) groups is 2. The average molecular weight is 494 g/mol. The SMILES string of the molecule is Nc1cc(C(=O)N2CC(c3nn(CC(=O)N4CCC[C@H]4C(F)(F)F)c4c3CCCC4)C2)c(F)cn1. The summed E-state index contributed by atoms with van der Waals surface area (Å²) in [6.07, 6.45) is 0.0721. The third-order valence-electron chi connectivity index (χ3n) is 7.19. The van der Waals surface area contributed by atoms with E-state index in [0.29, 0.717) is 25.9 Å². The molecule has 0 saturated carbocycles. The van der Waals surface area contributed by atoms with Gasteiger partial charge in [0.15, 0.2) is 5.82 Å². The number of carbonyl (C=O) groups excluding carboxylic acids is 2. The Bertz CT molecular complexity index is 1160. The van der Waals surface area contributed by atoms with E-state index in [2.05, 4.69) is 10.1 Å². The van der Waals surface area contributed by atoms with Crippen molar-refractivity contribution >= 4 is 17.6 Å². The van der Waals surface area contributed by atoms with Crippen LogP contribution in [0.5, 0.6) is 0 Å². The van der Waals surface area contributed by atoms with Crippen molar-refractivity contribution in [2.75, 3.05) is 25.4 Å². The molecule has 3 aliphatic rings. The van der Waals surface area contributed by atoms with Gasteiger partial charge in [-0.25, -0.2) is 9.37 Å². The number of nitrogen functional groups attached to an aromatic ring is 1. The van der Waals surface area contributed by atoms with Crippen LogP contribution in [-0.4, -0.2) is 68.2 Å². The number of nitrogens with zero attached hydrogens (tertiary/aromatic N) is 5. The number of nitrogens with two attached hydrogens (primary N) is 1. The Morgan fingerprint density at radius 3 is 2.63 bits per heavy atom. The summed E-state index contributed by atoms with van der Waals surface area (Å²) in [7, 11) is 0. The lowest BCUT2D eigenvalue weighted by molar-refractivity contribution is -0.183. The molecule has 2 aromatic heterocycles. The maximum Gasteiger partial charge on any atom is 0.408 e. The van der Waals surface area contributed by atoms with E-state index in [1.54, 1.807) is 4.68 Å². The van der Waals surface area contributed by atoms with Crippen LogP contribution < -0.4 is 5.73 Å². The van der Waals surface area contributed by atoms with Crippen molar-refractivity contribution in [3.05, 3.63) is 40.6 Å². The van der Waals surface area contributed by atoms with Gasteiger partial charge in [-0.15, -0.1) is 0 Å². The standard InChI is InChI=1S/C23H26F4N6O2/c24-16-9-29-19(28)8-15(16)22(35)31-10-13(11-31)21-14-4-1-2-5-17(14)33(30-21)12-20(34)32-7-3-6-18(32)23(25,26)27/h8-9,13,18H,1-7,10-12H2,(H2,28,29)/t18-/m0/s1. The number of hydrogen-bond donors (Lipinski definition) is 1. The predicted octanol–water partition coefficient (Wildman–Crippen LogP) is 2.67. The number of pyridine rings is 1. The van der Waals surface area contributed by atoms with Gasteiger partial charge in [-0.2, -0.15) is 18.3 Å². The number of anilines is 1. The molecule has 0 radical (unpaired) electrons. The Morgan fingerprint density at radius 1 is 1.14 bits per heavy atom. The summed E-state index contributed by atoms with van der Waals surface area (Å²) in [5.74, 6) is -1.84. The first-order valence-electron chi connectivity index (χ1n) is 11.8. The van der Waals surface area contributed by atoms with Crippen molar-refractivity contribution in [1.29, 1.82) is 0 Å². The number of alkyl halides is 3. The number of likely N-dealkylation sites (tertiary alicyclic amines) is 2. The van der Waals surface area contributed by atoms with Gasteiger partial charge >= 0.3 is 6.18 Å². The second kappa shape index (κ2) is 8.80. The van der Waals surface area contributed by atoms with Crippen LogP contribution in [0, 0.1) is 5.82 Å². The molecule has 5 rings (SSSR count).